The highest BCUT2D eigenvalue weighted by Crippen LogP contribution is 2.28. The Balaban J connectivity index is 2.34. The Morgan fingerprint density at radius 3 is 2.37 bits per heavy atom. The van der Waals surface area contributed by atoms with Gasteiger partial charge in [-0.3, -0.25) is 0 Å². The molecule has 1 N–H and O–H groups in total. The van der Waals surface area contributed by atoms with Crippen LogP contribution < -0.4 is 5.32 Å². The maximum Gasteiger partial charge on any atom is 0.129 e. The Morgan fingerprint density at radius 2 is 1.74 bits per heavy atom. The van der Waals surface area contributed by atoms with Crippen LogP contribution >= 0.6 is 11.6 Å². The zero-order valence-corrected chi connectivity index (χ0v) is 11.2. The monoisotopic (exact) mass is 281 g/mol. The number of hydrogen-bond acceptors (Lipinski definition) is 1. The minimum absolute atomic E-state index is 0.296. The topological polar surface area (TPSA) is 12.0 Å². The lowest BCUT2D eigenvalue weighted by atomic mass is 9.98. The number of likely N-dealkylation sites (N-methyl/N-ethyl adjacent to an activating group) is 1. The molecule has 0 spiro atoms. The number of rotatable bonds is 4. The zero-order valence-electron chi connectivity index (χ0n) is 10.5. The Labute approximate surface area is 116 Å². The highest BCUT2D eigenvalue weighted by atomic mass is 35.5. The molecule has 4 heteroatoms. The lowest BCUT2D eigenvalue weighted by Gasteiger charge is -2.19. The maximum absolute atomic E-state index is 13.9. The van der Waals surface area contributed by atoms with Crippen molar-refractivity contribution in [2.24, 2.45) is 0 Å². The molecule has 19 heavy (non-hydrogen) atoms. The number of hydrogen-bond donors (Lipinski definition) is 1. The fourth-order valence-corrected chi connectivity index (χ4v) is 2.37. The van der Waals surface area contributed by atoms with E-state index in [1.165, 1.54) is 12.1 Å². The van der Waals surface area contributed by atoms with Crippen LogP contribution in [0.1, 0.15) is 17.2 Å². The Morgan fingerprint density at radius 1 is 1.05 bits per heavy atom. The fourth-order valence-electron chi connectivity index (χ4n) is 2.08. The lowest BCUT2D eigenvalue weighted by Crippen LogP contribution is -2.21. The van der Waals surface area contributed by atoms with Gasteiger partial charge in [0.1, 0.15) is 11.6 Å². The maximum atomic E-state index is 13.9. The fraction of sp³-hybridized carbons (Fsp3) is 0.200. The van der Waals surface area contributed by atoms with E-state index in [0.29, 0.717) is 22.6 Å². The Kier molecular flexibility index (Phi) is 4.51. The first-order chi connectivity index (χ1) is 9.13. The van der Waals surface area contributed by atoms with Gasteiger partial charge in [-0.2, -0.15) is 0 Å². The second-order valence-electron chi connectivity index (χ2n) is 4.27. The van der Waals surface area contributed by atoms with E-state index in [0.717, 1.165) is 0 Å². The van der Waals surface area contributed by atoms with Crippen LogP contribution in [0.5, 0.6) is 0 Å². The molecule has 0 fully saturated rings. The van der Waals surface area contributed by atoms with Gasteiger partial charge in [0, 0.05) is 16.6 Å². The first-order valence-corrected chi connectivity index (χ1v) is 6.36. The van der Waals surface area contributed by atoms with Crippen LogP contribution in [0.25, 0.3) is 0 Å². The van der Waals surface area contributed by atoms with Gasteiger partial charge in [-0.15, -0.1) is 0 Å². The van der Waals surface area contributed by atoms with Crippen molar-refractivity contribution in [2.45, 2.75) is 12.5 Å². The largest absolute Gasteiger partial charge is 0.313 e. The standard InChI is InChI=1S/C15H14ClF2N/c1-19-14(9-10-5-2-3-7-12(10)17)15-11(16)6-4-8-13(15)18/h2-8,14,19H,9H2,1H3. The molecule has 0 aliphatic rings. The summed E-state index contributed by atoms with van der Waals surface area (Å²) < 4.78 is 27.5. The van der Waals surface area contributed by atoms with E-state index in [9.17, 15) is 8.78 Å². The summed E-state index contributed by atoms with van der Waals surface area (Å²) in [6.07, 6.45) is 0.337. The third-order valence-electron chi connectivity index (χ3n) is 3.08. The predicted molar refractivity (Wildman–Crippen MR) is 73.3 cm³/mol. The molecule has 0 heterocycles. The summed E-state index contributed by atoms with van der Waals surface area (Å²) in [5.41, 5.74) is 0.899. The van der Waals surface area contributed by atoms with Crippen LogP contribution in [0.3, 0.4) is 0 Å². The third kappa shape index (κ3) is 3.11. The van der Waals surface area contributed by atoms with Crippen LogP contribution in [-0.4, -0.2) is 7.05 Å². The van der Waals surface area contributed by atoms with Crippen molar-refractivity contribution in [3.05, 3.63) is 70.2 Å². The average molecular weight is 282 g/mol. The van der Waals surface area contributed by atoms with Gasteiger partial charge in [0.05, 0.1) is 0 Å². The smallest absolute Gasteiger partial charge is 0.129 e. The van der Waals surface area contributed by atoms with Gasteiger partial charge in [0.2, 0.25) is 0 Å². The number of benzene rings is 2. The van der Waals surface area contributed by atoms with E-state index >= 15 is 0 Å². The van der Waals surface area contributed by atoms with E-state index in [4.69, 9.17) is 11.6 Å². The van der Waals surface area contributed by atoms with Gasteiger partial charge in [-0.25, -0.2) is 8.78 Å². The van der Waals surface area contributed by atoms with Crippen molar-refractivity contribution in [3.8, 4) is 0 Å². The van der Waals surface area contributed by atoms with Crippen LogP contribution in [-0.2, 0) is 6.42 Å². The average Bonchev–Trinajstić information content (AvgIpc) is 2.39. The van der Waals surface area contributed by atoms with Crippen molar-refractivity contribution in [1.29, 1.82) is 0 Å². The first-order valence-electron chi connectivity index (χ1n) is 5.98. The van der Waals surface area contributed by atoms with Gasteiger partial charge >= 0.3 is 0 Å². The van der Waals surface area contributed by atoms with Crippen LogP contribution in [0.4, 0.5) is 8.78 Å². The summed E-state index contributed by atoms with van der Waals surface area (Å²) in [7, 11) is 1.70. The van der Waals surface area contributed by atoms with E-state index in [1.54, 1.807) is 37.4 Å². The van der Waals surface area contributed by atoms with Crippen molar-refractivity contribution in [1.82, 2.24) is 5.32 Å². The summed E-state index contributed by atoms with van der Waals surface area (Å²) >= 11 is 6.04. The van der Waals surface area contributed by atoms with Crippen molar-refractivity contribution in [2.75, 3.05) is 7.05 Å². The molecule has 0 aromatic heterocycles. The van der Waals surface area contributed by atoms with Gasteiger partial charge in [0.25, 0.3) is 0 Å². The molecule has 1 atom stereocenters. The molecular weight excluding hydrogens is 268 g/mol. The van der Waals surface area contributed by atoms with Gasteiger partial charge in [0.15, 0.2) is 0 Å². The summed E-state index contributed by atoms with van der Waals surface area (Å²) in [5.74, 6) is -0.682. The van der Waals surface area contributed by atoms with Gasteiger partial charge in [-0.1, -0.05) is 35.9 Å². The van der Waals surface area contributed by atoms with Crippen LogP contribution in [0.2, 0.25) is 5.02 Å². The van der Waals surface area contributed by atoms with E-state index in [1.807, 2.05) is 0 Å². The minimum atomic E-state index is -0.386. The molecule has 0 saturated carbocycles. The van der Waals surface area contributed by atoms with Crippen molar-refractivity contribution in [3.63, 3.8) is 0 Å². The van der Waals surface area contributed by atoms with Crippen LogP contribution in [0.15, 0.2) is 42.5 Å². The SMILES string of the molecule is CNC(Cc1ccccc1F)c1c(F)cccc1Cl. The summed E-state index contributed by atoms with van der Waals surface area (Å²) in [6.45, 7) is 0. The number of nitrogens with one attached hydrogen (secondary N) is 1. The third-order valence-corrected chi connectivity index (χ3v) is 3.41. The van der Waals surface area contributed by atoms with E-state index < -0.39 is 0 Å². The summed E-state index contributed by atoms with van der Waals surface area (Å²) in [4.78, 5) is 0. The van der Waals surface area contributed by atoms with Gasteiger partial charge < -0.3 is 5.32 Å². The molecule has 1 nitrogen and oxygen atoms in total. The Bertz CT molecular complexity index is 552. The second kappa shape index (κ2) is 6.13. The molecule has 1 unspecified atom stereocenters. The Hall–Kier alpha value is -1.45. The van der Waals surface area contributed by atoms with Crippen LogP contribution in [0, 0.1) is 11.6 Å². The molecule has 0 saturated heterocycles. The molecule has 0 aliphatic heterocycles. The predicted octanol–water partition coefficient (Wildman–Crippen LogP) is 4.12. The molecule has 2 aromatic carbocycles. The zero-order chi connectivity index (χ0) is 13.8. The molecule has 0 aliphatic carbocycles. The van der Waals surface area contributed by atoms with Crippen molar-refractivity contribution < 1.29 is 8.78 Å². The van der Waals surface area contributed by atoms with E-state index in [2.05, 4.69) is 5.32 Å². The second-order valence-corrected chi connectivity index (χ2v) is 4.68. The lowest BCUT2D eigenvalue weighted by molar-refractivity contribution is 0.520. The molecule has 2 aromatic rings. The summed E-state index contributed by atoms with van der Waals surface area (Å²) in [5, 5.41) is 3.33. The van der Waals surface area contributed by atoms with E-state index in [-0.39, 0.29) is 17.7 Å². The molecule has 0 bridgehead atoms. The molecular formula is C15H14ClF2N. The van der Waals surface area contributed by atoms with Gasteiger partial charge in [-0.05, 0) is 37.2 Å². The first kappa shape index (κ1) is 14.0. The highest BCUT2D eigenvalue weighted by Gasteiger charge is 2.19. The minimum Gasteiger partial charge on any atom is -0.313 e. The van der Waals surface area contributed by atoms with Crippen molar-refractivity contribution >= 4 is 11.6 Å². The number of halogens is 3. The molecule has 0 radical (unpaired) electrons. The highest BCUT2D eigenvalue weighted by molar-refractivity contribution is 6.31. The molecule has 2 rings (SSSR count). The molecule has 0 amide bonds. The normalized spacial score (nSPS) is 12.4. The quantitative estimate of drug-likeness (QED) is 0.889. The summed E-state index contributed by atoms with van der Waals surface area (Å²) in [6, 6.07) is 10.6. The molecule has 100 valence electrons.